The minimum absolute atomic E-state index is 0.639. The summed E-state index contributed by atoms with van der Waals surface area (Å²) in [6.07, 6.45) is 2.39. The largest absolute Gasteiger partial charge is 0.398 e. The summed E-state index contributed by atoms with van der Waals surface area (Å²) in [7, 11) is 0. The fourth-order valence-electron chi connectivity index (χ4n) is 2.83. The second-order valence-corrected chi connectivity index (χ2v) is 6.39. The van der Waals surface area contributed by atoms with E-state index in [0.717, 1.165) is 28.6 Å². The SMILES string of the molecule is CC1Cc2nc(-c3ccccc3N)sc2C(C)C1. The van der Waals surface area contributed by atoms with E-state index in [1.807, 2.05) is 29.5 Å². The first-order valence-electron chi connectivity index (χ1n) is 6.49. The van der Waals surface area contributed by atoms with E-state index in [4.69, 9.17) is 10.7 Å². The number of nitrogens with two attached hydrogens (primary N) is 1. The van der Waals surface area contributed by atoms with Crippen molar-refractivity contribution in [2.24, 2.45) is 5.92 Å². The normalized spacial score (nSPS) is 22.8. The molecule has 2 aromatic rings. The number of hydrogen-bond acceptors (Lipinski definition) is 3. The maximum Gasteiger partial charge on any atom is 0.125 e. The summed E-state index contributed by atoms with van der Waals surface area (Å²) in [6.45, 7) is 4.63. The molecular formula is C15H18N2S. The summed E-state index contributed by atoms with van der Waals surface area (Å²) in [5.41, 5.74) is 9.24. The van der Waals surface area contributed by atoms with Crippen LogP contribution in [0.1, 0.15) is 36.8 Å². The van der Waals surface area contributed by atoms with Crippen molar-refractivity contribution in [2.45, 2.75) is 32.6 Å². The lowest BCUT2D eigenvalue weighted by molar-refractivity contribution is 0.450. The van der Waals surface area contributed by atoms with Crippen LogP contribution in [-0.2, 0) is 6.42 Å². The topological polar surface area (TPSA) is 38.9 Å². The van der Waals surface area contributed by atoms with Gasteiger partial charge in [-0.1, -0.05) is 26.0 Å². The lowest BCUT2D eigenvalue weighted by atomic mass is 9.86. The van der Waals surface area contributed by atoms with E-state index < -0.39 is 0 Å². The third kappa shape index (κ3) is 1.93. The van der Waals surface area contributed by atoms with Crippen molar-refractivity contribution in [1.29, 1.82) is 0 Å². The summed E-state index contributed by atoms with van der Waals surface area (Å²) in [5, 5.41) is 1.08. The maximum absolute atomic E-state index is 6.04. The number of nitrogen functional groups attached to an aromatic ring is 1. The zero-order chi connectivity index (χ0) is 12.7. The number of thiazole rings is 1. The molecule has 0 saturated carbocycles. The first-order valence-corrected chi connectivity index (χ1v) is 7.31. The highest BCUT2D eigenvalue weighted by Crippen LogP contribution is 2.41. The number of benzene rings is 1. The predicted octanol–water partition coefficient (Wildman–Crippen LogP) is 4.08. The zero-order valence-corrected chi connectivity index (χ0v) is 11.6. The Balaban J connectivity index is 2.06. The summed E-state index contributed by atoms with van der Waals surface area (Å²) in [6, 6.07) is 8.00. The third-order valence-corrected chi connectivity index (χ3v) is 5.03. The molecular weight excluding hydrogens is 240 g/mol. The number of rotatable bonds is 1. The zero-order valence-electron chi connectivity index (χ0n) is 10.8. The molecule has 0 aliphatic heterocycles. The average molecular weight is 258 g/mol. The highest BCUT2D eigenvalue weighted by molar-refractivity contribution is 7.15. The highest BCUT2D eigenvalue weighted by atomic mass is 32.1. The van der Waals surface area contributed by atoms with Crippen LogP contribution in [0.25, 0.3) is 10.6 Å². The fraction of sp³-hybridized carbons (Fsp3) is 0.400. The Morgan fingerprint density at radius 3 is 2.83 bits per heavy atom. The summed E-state index contributed by atoms with van der Waals surface area (Å²) in [4.78, 5) is 6.29. The Hall–Kier alpha value is -1.35. The van der Waals surface area contributed by atoms with Crippen LogP contribution in [0.15, 0.2) is 24.3 Å². The molecule has 3 heteroatoms. The van der Waals surface area contributed by atoms with Crippen molar-refractivity contribution in [1.82, 2.24) is 4.98 Å². The highest BCUT2D eigenvalue weighted by Gasteiger charge is 2.26. The second-order valence-electron chi connectivity index (χ2n) is 5.36. The molecule has 1 aliphatic carbocycles. The van der Waals surface area contributed by atoms with Crippen LogP contribution in [0, 0.1) is 5.92 Å². The molecule has 1 aliphatic rings. The lowest BCUT2D eigenvalue weighted by Gasteiger charge is -2.22. The molecule has 1 aromatic heterocycles. The number of aromatic nitrogens is 1. The minimum Gasteiger partial charge on any atom is -0.398 e. The summed E-state index contributed by atoms with van der Waals surface area (Å²) < 4.78 is 0. The van der Waals surface area contributed by atoms with Crippen molar-refractivity contribution in [3.8, 4) is 10.6 Å². The van der Waals surface area contributed by atoms with Gasteiger partial charge in [-0.15, -0.1) is 11.3 Å². The van der Waals surface area contributed by atoms with Gasteiger partial charge in [0.25, 0.3) is 0 Å². The van der Waals surface area contributed by atoms with Crippen molar-refractivity contribution in [2.75, 3.05) is 5.73 Å². The van der Waals surface area contributed by atoms with Gasteiger partial charge in [-0.05, 0) is 36.8 Å². The molecule has 0 bridgehead atoms. The number of para-hydroxylation sites is 1. The first-order chi connectivity index (χ1) is 8.65. The Labute approximate surface area is 112 Å². The monoisotopic (exact) mass is 258 g/mol. The van der Waals surface area contributed by atoms with Crippen LogP contribution >= 0.6 is 11.3 Å². The molecule has 2 N–H and O–H groups in total. The number of anilines is 1. The molecule has 0 radical (unpaired) electrons. The van der Waals surface area contributed by atoms with Crippen molar-refractivity contribution >= 4 is 17.0 Å². The Morgan fingerprint density at radius 1 is 1.28 bits per heavy atom. The van der Waals surface area contributed by atoms with Gasteiger partial charge in [-0.2, -0.15) is 0 Å². The van der Waals surface area contributed by atoms with Crippen molar-refractivity contribution < 1.29 is 0 Å². The van der Waals surface area contributed by atoms with Crippen LogP contribution < -0.4 is 5.73 Å². The van der Waals surface area contributed by atoms with Gasteiger partial charge in [0.2, 0.25) is 0 Å². The summed E-state index contributed by atoms with van der Waals surface area (Å²) >= 11 is 1.82. The lowest BCUT2D eigenvalue weighted by Crippen LogP contribution is -2.12. The molecule has 0 saturated heterocycles. The van der Waals surface area contributed by atoms with Crippen molar-refractivity contribution in [3.05, 3.63) is 34.8 Å². The molecule has 0 amide bonds. The molecule has 0 spiro atoms. The fourth-order valence-corrected chi connectivity index (χ4v) is 4.03. The molecule has 1 heterocycles. The van der Waals surface area contributed by atoms with E-state index in [-0.39, 0.29) is 0 Å². The van der Waals surface area contributed by atoms with Crippen LogP contribution in [0.2, 0.25) is 0 Å². The molecule has 18 heavy (non-hydrogen) atoms. The van der Waals surface area contributed by atoms with Crippen LogP contribution in [-0.4, -0.2) is 4.98 Å². The standard InChI is InChI=1S/C15H18N2S/c1-9-7-10(2)14-13(8-9)17-15(18-14)11-5-3-4-6-12(11)16/h3-6,9-10H,7-8,16H2,1-2H3. The third-order valence-electron chi connectivity index (χ3n) is 3.66. The van der Waals surface area contributed by atoms with E-state index in [0.29, 0.717) is 5.92 Å². The Morgan fingerprint density at radius 2 is 2.06 bits per heavy atom. The van der Waals surface area contributed by atoms with Gasteiger partial charge >= 0.3 is 0 Å². The van der Waals surface area contributed by atoms with Crippen LogP contribution in [0.3, 0.4) is 0 Å². The first kappa shape index (κ1) is 11.7. The average Bonchev–Trinajstić information content (AvgIpc) is 2.73. The maximum atomic E-state index is 6.04. The van der Waals surface area contributed by atoms with E-state index in [2.05, 4.69) is 19.9 Å². The Bertz CT molecular complexity index is 574. The van der Waals surface area contributed by atoms with E-state index in [1.165, 1.54) is 17.0 Å². The molecule has 3 rings (SSSR count). The van der Waals surface area contributed by atoms with Gasteiger partial charge in [0.1, 0.15) is 5.01 Å². The molecule has 2 atom stereocenters. The minimum atomic E-state index is 0.639. The second kappa shape index (κ2) is 4.39. The molecule has 94 valence electrons. The van der Waals surface area contributed by atoms with Gasteiger partial charge in [-0.25, -0.2) is 4.98 Å². The van der Waals surface area contributed by atoms with Gasteiger partial charge in [0.15, 0.2) is 0 Å². The van der Waals surface area contributed by atoms with Gasteiger partial charge < -0.3 is 5.73 Å². The number of hydrogen-bond donors (Lipinski definition) is 1. The van der Waals surface area contributed by atoms with Gasteiger partial charge in [0, 0.05) is 16.1 Å². The van der Waals surface area contributed by atoms with Gasteiger partial charge in [-0.3, -0.25) is 0 Å². The molecule has 2 unspecified atom stereocenters. The number of nitrogens with zero attached hydrogens (tertiary/aromatic N) is 1. The quantitative estimate of drug-likeness (QED) is 0.783. The molecule has 1 aromatic carbocycles. The van der Waals surface area contributed by atoms with E-state index in [1.54, 1.807) is 0 Å². The molecule has 2 nitrogen and oxygen atoms in total. The number of fused-ring (bicyclic) bond motifs is 1. The smallest absolute Gasteiger partial charge is 0.125 e. The summed E-state index contributed by atoms with van der Waals surface area (Å²) in [5.74, 6) is 1.38. The van der Waals surface area contributed by atoms with Gasteiger partial charge in [0.05, 0.1) is 5.69 Å². The predicted molar refractivity (Wildman–Crippen MR) is 77.9 cm³/mol. The molecule has 0 fully saturated rings. The van der Waals surface area contributed by atoms with Crippen LogP contribution in [0.5, 0.6) is 0 Å². The van der Waals surface area contributed by atoms with Crippen LogP contribution in [0.4, 0.5) is 5.69 Å². The van der Waals surface area contributed by atoms with Crippen molar-refractivity contribution in [3.63, 3.8) is 0 Å². The van der Waals surface area contributed by atoms with E-state index >= 15 is 0 Å². The van der Waals surface area contributed by atoms with E-state index in [9.17, 15) is 0 Å². The Kier molecular flexibility index (Phi) is 2.86.